The molecule has 1 nitrogen and oxygen atoms in total. The maximum absolute atomic E-state index is 12.1. The molecule has 0 N–H and O–H groups in total. The van der Waals surface area contributed by atoms with E-state index in [1.54, 1.807) is 0 Å². The maximum Gasteiger partial charge on any atom is 0.158 e. The Kier molecular flexibility index (Phi) is 2.98. The van der Waals surface area contributed by atoms with E-state index in [9.17, 15) is 4.79 Å². The molecule has 0 aromatic rings. The molecule has 3 fully saturated rings. The SMILES string of the molecule is CC1C(=O)C=C[C@@]2(C)C1CC[C@@H]1[C@H]2CC[C@]2(C)CCC[C@@H]12. The number of allylic oxidation sites excluding steroid dienone is 2. The van der Waals surface area contributed by atoms with Gasteiger partial charge in [0.2, 0.25) is 0 Å². The average molecular weight is 286 g/mol. The van der Waals surface area contributed by atoms with E-state index >= 15 is 0 Å². The van der Waals surface area contributed by atoms with E-state index in [1.807, 2.05) is 6.08 Å². The molecule has 0 bridgehead atoms. The van der Waals surface area contributed by atoms with Crippen molar-refractivity contribution < 1.29 is 4.79 Å². The minimum Gasteiger partial charge on any atom is -0.295 e. The maximum atomic E-state index is 12.1. The van der Waals surface area contributed by atoms with Gasteiger partial charge in [0.15, 0.2) is 5.78 Å². The number of hydrogen-bond acceptors (Lipinski definition) is 1. The Morgan fingerprint density at radius 1 is 1.00 bits per heavy atom. The zero-order valence-corrected chi connectivity index (χ0v) is 13.9. The second-order valence-electron chi connectivity index (χ2n) is 9.04. The lowest BCUT2D eigenvalue weighted by atomic mass is 9.45. The molecule has 0 heterocycles. The summed E-state index contributed by atoms with van der Waals surface area (Å²) in [5.41, 5.74) is 0.935. The summed E-state index contributed by atoms with van der Waals surface area (Å²) in [6, 6.07) is 0. The average Bonchev–Trinajstić information content (AvgIpc) is 2.85. The van der Waals surface area contributed by atoms with Crippen molar-refractivity contribution in [2.24, 2.45) is 40.4 Å². The normalized spacial score (nSPS) is 55.8. The summed E-state index contributed by atoms with van der Waals surface area (Å²) in [6.45, 7) is 7.22. The molecular weight excluding hydrogens is 256 g/mol. The molecule has 116 valence electrons. The van der Waals surface area contributed by atoms with Gasteiger partial charge in [-0.1, -0.05) is 33.3 Å². The Bertz CT molecular complexity index is 492. The van der Waals surface area contributed by atoms with Crippen molar-refractivity contribution in [1.82, 2.24) is 0 Å². The molecule has 4 rings (SSSR count). The predicted octanol–water partition coefficient (Wildman–Crippen LogP) is 5.01. The van der Waals surface area contributed by atoms with Crippen LogP contribution >= 0.6 is 0 Å². The van der Waals surface area contributed by atoms with Gasteiger partial charge in [0.1, 0.15) is 0 Å². The van der Waals surface area contributed by atoms with Crippen molar-refractivity contribution in [3.05, 3.63) is 12.2 Å². The highest BCUT2D eigenvalue weighted by Gasteiger charge is 2.58. The van der Waals surface area contributed by atoms with Gasteiger partial charge in [-0.3, -0.25) is 4.79 Å². The highest BCUT2D eigenvalue weighted by atomic mass is 16.1. The Morgan fingerprint density at radius 3 is 2.62 bits per heavy atom. The molecule has 0 saturated heterocycles. The summed E-state index contributed by atoms with van der Waals surface area (Å²) >= 11 is 0. The van der Waals surface area contributed by atoms with Crippen molar-refractivity contribution in [3.8, 4) is 0 Å². The summed E-state index contributed by atoms with van der Waals surface area (Å²) in [5, 5.41) is 0. The van der Waals surface area contributed by atoms with E-state index in [2.05, 4.69) is 26.8 Å². The first kappa shape index (κ1) is 14.0. The summed E-state index contributed by atoms with van der Waals surface area (Å²) < 4.78 is 0. The molecule has 4 aliphatic rings. The molecule has 3 saturated carbocycles. The predicted molar refractivity (Wildman–Crippen MR) is 85.8 cm³/mol. The third-order valence-corrected chi connectivity index (χ3v) is 8.29. The van der Waals surface area contributed by atoms with Gasteiger partial charge in [0.25, 0.3) is 0 Å². The zero-order valence-electron chi connectivity index (χ0n) is 13.9. The lowest BCUT2D eigenvalue weighted by Crippen LogP contribution is -2.53. The van der Waals surface area contributed by atoms with E-state index in [1.165, 1.54) is 44.9 Å². The van der Waals surface area contributed by atoms with Gasteiger partial charge in [-0.15, -0.1) is 0 Å². The van der Waals surface area contributed by atoms with Crippen LogP contribution in [0.2, 0.25) is 0 Å². The smallest absolute Gasteiger partial charge is 0.158 e. The molecule has 4 aliphatic carbocycles. The largest absolute Gasteiger partial charge is 0.295 e. The van der Waals surface area contributed by atoms with Crippen LogP contribution in [0.25, 0.3) is 0 Å². The number of rotatable bonds is 0. The van der Waals surface area contributed by atoms with Crippen molar-refractivity contribution in [2.75, 3.05) is 0 Å². The van der Waals surface area contributed by atoms with Crippen LogP contribution in [0.3, 0.4) is 0 Å². The van der Waals surface area contributed by atoms with Gasteiger partial charge in [-0.25, -0.2) is 0 Å². The Morgan fingerprint density at radius 2 is 1.81 bits per heavy atom. The molecule has 21 heavy (non-hydrogen) atoms. The van der Waals surface area contributed by atoms with E-state index in [0.29, 0.717) is 22.5 Å². The van der Waals surface area contributed by atoms with Gasteiger partial charge in [-0.05, 0) is 79.1 Å². The second-order valence-corrected chi connectivity index (χ2v) is 9.04. The Balaban J connectivity index is 1.70. The van der Waals surface area contributed by atoms with Gasteiger partial charge in [0, 0.05) is 5.92 Å². The van der Waals surface area contributed by atoms with Crippen LogP contribution in [0.4, 0.5) is 0 Å². The minimum atomic E-state index is 0.248. The Hall–Kier alpha value is -0.590. The summed E-state index contributed by atoms with van der Waals surface area (Å²) in [7, 11) is 0. The number of fused-ring (bicyclic) bond motifs is 5. The molecule has 1 heteroatoms. The summed E-state index contributed by atoms with van der Waals surface area (Å²) in [6.07, 6.45) is 14.1. The zero-order chi connectivity index (χ0) is 14.8. The van der Waals surface area contributed by atoms with Gasteiger partial charge in [-0.2, -0.15) is 0 Å². The molecule has 2 unspecified atom stereocenters. The van der Waals surface area contributed by atoms with Crippen molar-refractivity contribution in [3.63, 3.8) is 0 Å². The highest BCUT2D eigenvalue weighted by Crippen LogP contribution is 2.65. The van der Waals surface area contributed by atoms with Gasteiger partial charge >= 0.3 is 0 Å². The fourth-order valence-corrected chi connectivity index (χ4v) is 7.06. The second kappa shape index (κ2) is 4.46. The van der Waals surface area contributed by atoms with Crippen molar-refractivity contribution >= 4 is 5.78 Å². The molecule has 7 atom stereocenters. The summed E-state index contributed by atoms with van der Waals surface area (Å²) in [5.74, 6) is 3.95. The molecule has 0 aliphatic heterocycles. The quantitative estimate of drug-likeness (QED) is 0.611. The van der Waals surface area contributed by atoms with E-state index < -0.39 is 0 Å². The first-order valence-corrected chi connectivity index (χ1v) is 9.19. The number of carbonyl (C=O) groups excluding carboxylic acids is 1. The van der Waals surface area contributed by atoms with E-state index in [0.717, 1.165) is 17.8 Å². The number of carbonyl (C=O) groups is 1. The molecule has 0 aromatic heterocycles. The first-order chi connectivity index (χ1) is 9.96. The van der Waals surface area contributed by atoms with Gasteiger partial charge in [0.05, 0.1) is 0 Å². The van der Waals surface area contributed by atoms with Crippen LogP contribution in [0.15, 0.2) is 12.2 Å². The third-order valence-electron chi connectivity index (χ3n) is 8.29. The van der Waals surface area contributed by atoms with Crippen molar-refractivity contribution in [1.29, 1.82) is 0 Å². The van der Waals surface area contributed by atoms with Crippen LogP contribution < -0.4 is 0 Å². The summed E-state index contributed by atoms with van der Waals surface area (Å²) in [4.78, 5) is 12.1. The van der Waals surface area contributed by atoms with Crippen LogP contribution in [-0.4, -0.2) is 5.78 Å². The van der Waals surface area contributed by atoms with Gasteiger partial charge < -0.3 is 0 Å². The first-order valence-electron chi connectivity index (χ1n) is 9.19. The molecule has 0 amide bonds. The fourth-order valence-electron chi connectivity index (χ4n) is 7.06. The third kappa shape index (κ3) is 1.79. The minimum absolute atomic E-state index is 0.248. The highest BCUT2D eigenvalue weighted by molar-refractivity contribution is 5.92. The van der Waals surface area contributed by atoms with Crippen LogP contribution in [-0.2, 0) is 4.79 Å². The van der Waals surface area contributed by atoms with Crippen LogP contribution in [0.5, 0.6) is 0 Å². The molecular formula is C20H30O. The lowest BCUT2D eigenvalue weighted by molar-refractivity contribution is -0.128. The lowest BCUT2D eigenvalue weighted by Gasteiger charge is -2.59. The molecule has 0 spiro atoms. The van der Waals surface area contributed by atoms with E-state index in [-0.39, 0.29) is 5.92 Å². The van der Waals surface area contributed by atoms with E-state index in [4.69, 9.17) is 0 Å². The number of ketones is 1. The topological polar surface area (TPSA) is 17.1 Å². The standard InChI is InChI=1S/C20H30O/c1-13-15-7-6-14-16-5-4-10-19(16,2)11-8-17(14)20(15,3)12-9-18(13)21/h9,12-17H,4-8,10-11H2,1-3H3/t13?,14-,15?,16-,17+,19-,20-/m0/s1. The monoisotopic (exact) mass is 286 g/mol. The molecule has 0 radical (unpaired) electrons. The van der Waals surface area contributed by atoms with Crippen molar-refractivity contribution in [2.45, 2.75) is 65.7 Å². The molecule has 0 aromatic carbocycles. The van der Waals surface area contributed by atoms with Crippen LogP contribution in [0.1, 0.15) is 65.7 Å². The number of hydrogen-bond donors (Lipinski definition) is 0. The van der Waals surface area contributed by atoms with Crippen LogP contribution in [0, 0.1) is 40.4 Å². The Labute approximate surface area is 129 Å². The fraction of sp³-hybridized carbons (Fsp3) is 0.850.